The van der Waals surface area contributed by atoms with Gasteiger partial charge in [0.25, 0.3) is 10.1 Å². The number of ether oxygens (including phenoxy) is 1. The Balaban J connectivity index is 3.71. The topological polar surface area (TPSA) is 80.7 Å². The molecule has 0 aliphatic rings. The molecule has 1 N–H and O–H groups in total. The Hall–Kier alpha value is -0.620. The Morgan fingerprint density at radius 1 is 1.55 bits per heavy atom. The second kappa shape index (κ2) is 4.30. The van der Waals surface area contributed by atoms with Crippen LogP contribution in [0.15, 0.2) is 0 Å². The molecule has 0 aliphatic carbocycles. The molecule has 6 heteroatoms. The molecule has 66 valence electrons. The zero-order valence-electron chi connectivity index (χ0n) is 6.11. The Bertz CT molecular complexity index is 217. The third-order valence-corrected chi connectivity index (χ3v) is 1.37. The van der Waals surface area contributed by atoms with Crippen molar-refractivity contribution in [3.63, 3.8) is 0 Å². The van der Waals surface area contributed by atoms with Gasteiger partial charge in [0.15, 0.2) is 5.75 Å². The van der Waals surface area contributed by atoms with Crippen LogP contribution in [0.25, 0.3) is 0 Å². The monoisotopic (exact) mass is 182 g/mol. The summed E-state index contributed by atoms with van der Waals surface area (Å²) in [4.78, 5) is 10.5. The molecule has 5 nitrogen and oxygen atoms in total. The van der Waals surface area contributed by atoms with Gasteiger partial charge in [0.2, 0.25) is 0 Å². The van der Waals surface area contributed by atoms with E-state index in [1.165, 1.54) is 0 Å². The molecule has 11 heavy (non-hydrogen) atoms. The van der Waals surface area contributed by atoms with Crippen LogP contribution in [0.5, 0.6) is 0 Å². The first kappa shape index (κ1) is 10.4. The van der Waals surface area contributed by atoms with Crippen molar-refractivity contribution >= 4 is 16.1 Å². The minimum Gasteiger partial charge on any atom is -0.465 e. The van der Waals surface area contributed by atoms with Gasteiger partial charge in [-0.15, -0.1) is 0 Å². The molecule has 0 fully saturated rings. The largest absolute Gasteiger partial charge is 0.465 e. The minimum atomic E-state index is -4.23. The van der Waals surface area contributed by atoms with Crippen molar-refractivity contribution in [3.05, 3.63) is 0 Å². The molecule has 0 aromatic carbocycles. The van der Waals surface area contributed by atoms with Crippen molar-refractivity contribution in [3.8, 4) is 0 Å². The van der Waals surface area contributed by atoms with Crippen LogP contribution >= 0.6 is 0 Å². The highest BCUT2D eigenvalue weighted by atomic mass is 32.2. The van der Waals surface area contributed by atoms with E-state index in [2.05, 4.69) is 4.74 Å². The fourth-order valence-corrected chi connectivity index (χ4v) is 0.788. The minimum absolute atomic E-state index is 0.175. The number of hydrogen-bond donors (Lipinski definition) is 1. The van der Waals surface area contributed by atoms with Gasteiger partial charge in [-0.25, -0.2) is 0 Å². The number of carbonyl (C=O) groups excluding carboxylic acids is 1. The van der Waals surface area contributed by atoms with Crippen LogP contribution in [0, 0.1) is 0 Å². The maximum atomic E-state index is 10.5. The molecule has 0 unspecified atom stereocenters. The highest BCUT2D eigenvalue weighted by molar-refractivity contribution is 7.86. The van der Waals surface area contributed by atoms with Crippen LogP contribution in [0.3, 0.4) is 0 Å². The number of rotatable bonds is 4. The van der Waals surface area contributed by atoms with Crippen LogP contribution in [0.2, 0.25) is 0 Å². The first-order valence-corrected chi connectivity index (χ1v) is 4.67. The SMILES string of the molecule is CCCOC(=O)CS(=O)(=O)O. The first-order valence-electron chi connectivity index (χ1n) is 3.06. The molecule has 0 radical (unpaired) electrons. The van der Waals surface area contributed by atoms with Gasteiger partial charge >= 0.3 is 5.97 Å². The quantitative estimate of drug-likeness (QED) is 0.482. The van der Waals surface area contributed by atoms with Crippen molar-refractivity contribution in [2.75, 3.05) is 12.4 Å². The van der Waals surface area contributed by atoms with Crippen molar-refractivity contribution in [1.82, 2.24) is 0 Å². The lowest BCUT2D eigenvalue weighted by atomic mass is 10.5. The van der Waals surface area contributed by atoms with Gasteiger partial charge in [-0.2, -0.15) is 8.42 Å². The smallest absolute Gasteiger partial charge is 0.323 e. The predicted octanol–water partition coefficient (Wildman–Crippen LogP) is -0.173. The van der Waals surface area contributed by atoms with Gasteiger partial charge in [-0.05, 0) is 6.42 Å². The molecule has 0 bridgehead atoms. The summed E-state index contributed by atoms with van der Waals surface area (Å²) in [6, 6.07) is 0. The Kier molecular flexibility index (Phi) is 4.06. The molecular formula is C5H10O5S. The lowest BCUT2D eigenvalue weighted by Crippen LogP contribution is -2.17. The summed E-state index contributed by atoms with van der Waals surface area (Å²) in [7, 11) is -4.23. The summed E-state index contributed by atoms with van der Waals surface area (Å²) in [5, 5.41) is 0. The predicted molar refractivity (Wildman–Crippen MR) is 37.7 cm³/mol. The lowest BCUT2D eigenvalue weighted by Gasteiger charge is -1.99. The van der Waals surface area contributed by atoms with Gasteiger partial charge < -0.3 is 4.74 Å². The zero-order valence-corrected chi connectivity index (χ0v) is 6.93. The van der Waals surface area contributed by atoms with Crippen molar-refractivity contribution in [2.45, 2.75) is 13.3 Å². The van der Waals surface area contributed by atoms with Crippen LogP contribution < -0.4 is 0 Å². The molecule has 0 aliphatic heterocycles. The Morgan fingerprint density at radius 3 is 2.45 bits per heavy atom. The van der Waals surface area contributed by atoms with Gasteiger partial charge in [0.05, 0.1) is 6.61 Å². The van der Waals surface area contributed by atoms with Crippen molar-refractivity contribution in [1.29, 1.82) is 0 Å². The molecule has 0 aromatic heterocycles. The molecular weight excluding hydrogens is 172 g/mol. The Labute approximate surface area is 65.1 Å². The van der Waals surface area contributed by atoms with Crippen LogP contribution in [-0.4, -0.2) is 31.3 Å². The van der Waals surface area contributed by atoms with E-state index >= 15 is 0 Å². The zero-order chi connectivity index (χ0) is 8.91. The number of esters is 1. The third kappa shape index (κ3) is 7.27. The van der Waals surface area contributed by atoms with Crippen LogP contribution in [0.4, 0.5) is 0 Å². The summed E-state index contributed by atoms with van der Waals surface area (Å²) >= 11 is 0. The van der Waals surface area contributed by atoms with Crippen LogP contribution in [-0.2, 0) is 19.6 Å². The van der Waals surface area contributed by atoms with E-state index in [9.17, 15) is 13.2 Å². The maximum absolute atomic E-state index is 10.5. The van der Waals surface area contributed by atoms with E-state index < -0.39 is 21.8 Å². The van der Waals surface area contributed by atoms with Gasteiger partial charge in [0.1, 0.15) is 0 Å². The van der Waals surface area contributed by atoms with Gasteiger partial charge in [0, 0.05) is 0 Å². The summed E-state index contributed by atoms with van der Waals surface area (Å²) in [5.41, 5.74) is 0. The molecule has 0 rings (SSSR count). The van der Waals surface area contributed by atoms with Gasteiger partial charge in [-0.1, -0.05) is 6.92 Å². The number of carbonyl (C=O) groups is 1. The van der Waals surface area contributed by atoms with E-state index in [0.717, 1.165) is 0 Å². The fourth-order valence-electron chi connectivity index (χ4n) is 0.406. The van der Waals surface area contributed by atoms with Crippen LogP contribution in [0.1, 0.15) is 13.3 Å². The molecule has 0 spiro atoms. The highest BCUT2D eigenvalue weighted by Crippen LogP contribution is 1.87. The summed E-state index contributed by atoms with van der Waals surface area (Å²) in [6.45, 7) is 1.95. The summed E-state index contributed by atoms with van der Waals surface area (Å²) < 4.78 is 32.7. The molecule has 0 saturated carbocycles. The first-order chi connectivity index (χ1) is 4.95. The Morgan fingerprint density at radius 2 is 2.09 bits per heavy atom. The standard InChI is InChI=1S/C5H10O5S/c1-2-3-10-5(6)4-11(7,8)9/h2-4H2,1H3,(H,7,8,9). The molecule has 0 aromatic rings. The highest BCUT2D eigenvalue weighted by Gasteiger charge is 2.13. The molecule has 0 atom stereocenters. The summed E-state index contributed by atoms with van der Waals surface area (Å²) in [5.74, 6) is -1.89. The van der Waals surface area contributed by atoms with Crippen molar-refractivity contribution in [2.24, 2.45) is 0 Å². The maximum Gasteiger partial charge on any atom is 0.323 e. The van der Waals surface area contributed by atoms with E-state index in [0.29, 0.717) is 6.42 Å². The number of hydrogen-bond acceptors (Lipinski definition) is 4. The van der Waals surface area contributed by atoms with E-state index in [-0.39, 0.29) is 6.61 Å². The van der Waals surface area contributed by atoms with E-state index in [4.69, 9.17) is 4.55 Å². The van der Waals surface area contributed by atoms with Crippen molar-refractivity contribution < 1.29 is 22.5 Å². The second-order valence-corrected chi connectivity index (χ2v) is 3.40. The second-order valence-electron chi connectivity index (χ2n) is 1.95. The van der Waals surface area contributed by atoms with E-state index in [1.54, 1.807) is 6.92 Å². The fraction of sp³-hybridized carbons (Fsp3) is 0.800. The average molecular weight is 182 g/mol. The average Bonchev–Trinajstić information content (AvgIpc) is 1.79. The van der Waals surface area contributed by atoms with E-state index in [1.807, 2.05) is 0 Å². The molecule has 0 heterocycles. The third-order valence-electron chi connectivity index (χ3n) is 0.767. The summed E-state index contributed by atoms with van der Waals surface area (Å²) in [6.07, 6.45) is 0.622. The normalized spacial score (nSPS) is 11.1. The van der Waals surface area contributed by atoms with Gasteiger partial charge in [-0.3, -0.25) is 9.35 Å². The molecule has 0 amide bonds. The molecule has 0 saturated heterocycles. The lowest BCUT2D eigenvalue weighted by molar-refractivity contribution is -0.140.